The third-order valence-electron chi connectivity index (χ3n) is 9.17. The van der Waals surface area contributed by atoms with Gasteiger partial charge in [-0.3, -0.25) is 9.59 Å². The molecule has 3 aliphatic rings. The maximum atomic E-state index is 13.5. The van der Waals surface area contributed by atoms with Gasteiger partial charge in [0, 0.05) is 48.6 Å². The van der Waals surface area contributed by atoms with Crippen LogP contribution in [-0.4, -0.2) is 57.0 Å². The summed E-state index contributed by atoms with van der Waals surface area (Å²) in [6, 6.07) is 11.5. The van der Waals surface area contributed by atoms with Gasteiger partial charge in [-0.05, 0) is 73.6 Å². The average molecular weight is 580 g/mol. The van der Waals surface area contributed by atoms with E-state index in [4.69, 9.17) is 9.47 Å². The number of fused-ring (bicyclic) bond motifs is 7. The maximum Gasteiger partial charge on any atom is 0.314 e. The van der Waals surface area contributed by atoms with Crippen LogP contribution in [0.2, 0.25) is 0 Å². The van der Waals surface area contributed by atoms with Crippen LogP contribution in [0, 0.1) is 5.41 Å². The molecular formula is C31H37N3O6S. The number of rotatable bonds is 7. The molecule has 0 radical (unpaired) electrons. The van der Waals surface area contributed by atoms with Gasteiger partial charge in [-0.2, -0.15) is 12.7 Å². The van der Waals surface area contributed by atoms with E-state index in [9.17, 15) is 18.0 Å². The minimum Gasteiger partial charge on any atom is -0.497 e. The number of carbonyl (C=O) groups is 2. The molecule has 0 unspecified atom stereocenters. The number of ether oxygens (including phenoxy) is 2. The number of benzene rings is 2. The number of hydrogen-bond acceptors (Lipinski definition) is 6. The summed E-state index contributed by atoms with van der Waals surface area (Å²) in [7, 11) is 0.435. The minimum atomic E-state index is -3.96. The van der Waals surface area contributed by atoms with E-state index in [1.54, 1.807) is 19.2 Å². The quantitative estimate of drug-likeness (QED) is 0.397. The van der Waals surface area contributed by atoms with E-state index in [-0.39, 0.29) is 17.5 Å². The van der Waals surface area contributed by atoms with Crippen LogP contribution in [0.15, 0.2) is 36.4 Å². The maximum absolute atomic E-state index is 13.5. The van der Waals surface area contributed by atoms with E-state index < -0.39 is 21.5 Å². The SMILES string of the molecule is CCOC(=O)[C@]12C[C@H]1c1cc(OC)ccc1-c1c(C3CCCCC3)c3ccc(C(=O)NS(=O)(=O)N(C)C)cc3n1C2. The van der Waals surface area contributed by atoms with Gasteiger partial charge in [0.15, 0.2) is 0 Å². The summed E-state index contributed by atoms with van der Waals surface area (Å²) in [5.74, 6) is 0.187. The summed E-state index contributed by atoms with van der Waals surface area (Å²) in [6.45, 7) is 2.55. The van der Waals surface area contributed by atoms with Crippen molar-refractivity contribution in [2.75, 3.05) is 27.8 Å². The van der Waals surface area contributed by atoms with Crippen molar-refractivity contribution in [3.8, 4) is 17.0 Å². The van der Waals surface area contributed by atoms with Gasteiger partial charge in [-0.1, -0.05) is 25.3 Å². The average Bonchev–Trinajstić information content (AvgIpc) is 3.63. The summed E-state index contributed by atoms with van der Waals surface area (Å²) in [6.07, 6.45) is 6.36. The van der Waals surface area contributed by atoms with Crippen LogP contribution >= 0.6 is 0 Å². The van der Waals surface area contributed by atoms with Gasteiger partial charge in [-0.25, -0.2) is 4.72 Å². The molecule has 0 bridgehead atoms. The number of esters is 1. The van der Waals surface area contributed by atoms with Gasteiger partial charge in [0.2, 0.25) is 0 Å². The van der Waals surface area contributed by atoms with Crippen molar-refractivity contribution >= 4 is 33.0 Å². The van der Waals surface area contributed by atoms with E-state index in [2.05, 4.69) is 21.4 Å². The fraction of sp³-hybridized carbons (Fsp3) is 0.484. The number of methoxy groups -OCH3 is 1. The van der Waals surface area contributed by atoms with Gasteiger partial charge in [0.1, 0.15) is 5.75 Å². The first-order valence-electron chi connectivity index (χ1n) is 14.4. The van der Waals surface area contributed by atoms with Gasteiger partial charge in [-0.15, -0.1) is 0 Å². The molecule has 1 N–H and O–H groups in total. The molecule has 9 nitrogen and oxygen atoms in total. The van der Waals surface area contributed by atoms with E-state index >= 15 is 0 Å². The summed E-state index contributed by atoms with van der Waals surface area (Å²) in [4.78, 5) is 26.7. The monoisotopic (exact) mass is 579 g/mol. The van der Waals surface area contributed by atoms with Crippen LogP contribution in [0.1, 0.15) is 78.8 Å². The first kappa shape index (κ1) is 27.8. The number of hydrogen-bond donors (Lipinski definition) is 1. The molecule has 2 saturated carbocycles. The van der Waals surface area contributed by atoms with Crippen LogP contribution < -0.4 is 9.46 Å². The Morgan fingerprint density at radius 3 is 2.54 bits per heavy atom. The molecule has 1 amide bonds. The largest absolute Gasteiger partial charge is 0.497 e. The van der Waals surface area contributed by atoms with Crippen molar-refractivity contribution in [2.24, 2.45) is 5.41 Å². The van der Waals surface area contributed by atoms with E-state index in [1.165, 1.54) is 26.1 Å². The third-order valence-corrected chi connectivity index (χ3v) is 10.6. The van der Waals surface area contributed by atoms with Crippen molar-refractivity contribution in [2.45, 2.75) is 63.8 Å². The van der Waals surface area contributed by atoms with Crippen molar-refractivity contribution in [3.63, 3.8) is 0 Å². The standard InChI is InChI=1S/C31H37N3O6S/c1-5-40-30(36)31-17-25(31)24-16-21(39-4)12-14-22(24)28-27(19-9-7-6-8-10-19)23-13-11-20(15-26(23)34(28)18-31)29(35)32-41(37,38)33(2)3/h11-16,19,25H,5-10,17-18H2,1-4H3,(H,32,35)/t25-,31-/m0/s1. The first-order chi connectivity index (χ1) is 19.6. The lowest BCUT2D eigenvalue weighted by Gasteiger charge is -2.24. The second kappa shape index (κ2) is 10.2. The number of carbonyl (C=O) groups excluding carboxylic acids is 2. The van der Waals surface area contributed by atoms with E-state index in [0.717, 1.165) is 63.5 Å². The Bertz CT molecular complexity index is 1650. The minimum absolute atomic E-state index is 0.00229. The van der Waals surface area contributed by atoms with Gasteiger partial charge in [0.25, 0.3) is 5.91 Å². The Hall–Kier alpha value is -3.37. The van der Waals surface area contributed by atoms with Crippen LogP contribution in [0.3, 0.4) is 0 Å². The third kappa shape index (κ3) is 4.52. The normalized spacial score (nSPS) is 21.9. The molecule has 2 fully saturated rings. The van der Waals surface area contributed by atoms with Gasteiger partial charge >= 0.3 is 16.2 Å². The molecule has 41 heavy (non-hydrogen) atoms. The smallest absolute Gasteiger partial charge is 0.314 e. The Balaban J connectivity index is 1.60. The molecule has 2 aromatic carbocycles. The molecule has 218 valence electrons. The number of nitrogens with zero attached hydrogens (tertiary/aromatic N) is 2. The fourth-order valence-corrected chi connectivity index (χ4v) is 7.49. The highest BCUT2D eigenvalue weighted by atomic mass is 32.2. The molecule has 2 aliphatic carbocycles. The van der Waals surface area contributed by atoms with Crippen molar-refractivity contribution in [1.82, 2.24) is 13.6 Å². The zero-order chi connectivity index (χ0) is 29.1. The highest BCUT2D eigenvalue weighted by Gasteiger charge is 2.64. The second-order valence-electron chi connectivity index (χ2n) is 11.7. The van der Waals surface area contributed by atoms with Crippen LogP contribution in [0.25, 0.3) is 22.2 Å². The number of amides is 1. The van der Waals surface area contributed by atoms with E-state index in [0.29, 0.717) is 25.5 Å². The van der Waals surface area contributed by atoms with Crippen molar-refractivity contribution in [3.05, 3.63) is 53.1 Å². The first-order valence-corrected chi connectivity index (χ1v) is 15.8. The molecule has 1 aliphatic heterocycles. The van der Waals surface area contributed by atoms with Crippen LogP contribution in [0.4, 0.5) is 0 Å². The molecule has 6 rings (SSSR count). The summed E-state index contributed by atoms with van der Waals surface area (Å²) < 4.78 is 41.4. The Kier molecular flexibility index (Phi) is 6.89. The predicted octanol–water partition coefficient (Wildman–Crippen LogP) is 4.95. The summed E-state index contributed by atoms with van der Waals surface area (Å²) >= 11 is 0. The van der Waals surface area contributed by atoms with Crippen molar-refractivity contribution < 1.29 is 27.5 Å². The predicted molar refractivity (Wildman–Crippen MR) is 156 cm³/mol. The molecule has 0 saturated heterocycles. The summed E-state index contributed by atoms with van der Waals surface area (Å²) in [5.41, 5.74) is 4.86. The van der Waals surface area contributed by atoms with Gasteiger partial charge in [0.05, 0.1) is 24.8 Å². The summed E-state index contributed by atoms with van der Waals surface area (Å²) in [5, 5.41) is 1.04. The van der Waals surface area contributed by atoms with Gasteiger partial charge < -0.3 is 14.0 Å². The zero-order valence-electron chi connectivity index (χ0n) is 24.0. The van der Waals surface area contributed by atoms with Crippen LogP contribution in [0.5, 0.6) is 5.75 Å². The molecule has 2 heterocycles. The van der Waals surface area contributed by atoms with Crippen molar-refractivity contribution in [1.29, 1.82) is 0 Å². The lowest BCUT2D eigenvalue weighted by Crippen LogP contribution is -2.39. The highest BCUT2D eigenvalue weighted by molar-refractivity contribution is 7.87. The Morgan fingerprint density at radius 1 is 1.10 bits per heavy atom. The Morgan fingerprint density at radius 2 is 1.85 bits per heavy atom. The fourth-order valence-electron chi connectivity index (χ4n) is 6.95. The lowest BCUT2D eigenvalue weighted by atomic mass is 9.81. The highest BCUT2D eigenvalue weighted by Crippen LogP contribution is 2.66. The number of nitrogens with one attached hydrogen (secondary N) is 1. The van der Waals surface area contributed by atoms with Crippen LogP contribution in [-0.2, 0) is 26.3 Å². The molecule has 3 aromatic rings. The molecule has 2 atom stereocenters. The Labute approximate surface area is 241 Å². The topological polar surface area (TPSA) is 107 Å². The molecule has 10 heteroatoms. The molecule has 0 spiro atoms. The molecular weight excluding hydrogens is 542 g/mol. The van der Waals surface area contributed by atoms with E-state index in [1.807, 2.05) is 19.1 Å². The second-order valence-corrected chi connectivity index (χ2v) is 13.6. The number of aromatic nitrogens is 1. The lowest BCUT2D eigenvalue weighted by molar-refractivity contribution is -0.150. The zero-order valence-corrected chi connectivity index (χ0v) is 24.8. The molecule has 1 aromatic heterocycles.